The normalized spacial score (nSPS) is 34.8. The molecule has 0 aromatic rings. The van der Waals surface area contributed by atoms with Gasteiger partial charge in [-0.3, -0.25) is 4.90 Å². The monoisotopic (exact) mass is 212 g/mol. The molecule has 2 heterocycles. The molecule has 0 aromatic heterocycles. The molecular weight excluding hydrogens is 188 g/mol. The number of methoxy groups -OCH3 is 1. The maximum atomic E-state index is 5.29. The third kappa shape index (κ3) is 2.71. The molecule has 0 aromatic carbocycles. The van der Waals surface area contributed by atoms with Crippen molar-refractivity contribution in [2.75, 3.05) is 39.9 Å². The van der Waals surface area contributed by atoms with E-state index in [9.17, 15) is 0 Å². The summed E-state index contributed by atoms with van der Waals surface area (Å²) in [6.45, 7) is 8.22. The van der Waals surface area contributed by atoms with Crippen LogP contribution in [0.2, 0.25) is 0 Å². The lowest BCUT2D eigenvalue weighted by Crippen LogP contribution is -2.42. The average Bonchev–Trinajstić information content (AvgIpc) is 2.63. The first-order chi connectivity index (χ1) is 7.31. The van der Waals surface area contributed by atoms with Gasteiger partial charge in [-0.2, -0.15) is 0 Å². The molecule has 88 valence electrons. The lowest BCUT2D eigenvalue weighted by molar-refractivity contribution is 0.133. The van der Waals surface area contributed by atoms with Gasteiger partial charge < -0.3 is 10.1 Å². The van der Waals surface area contributed by atoms with Gasteiger partial charge in [0.25, 0.3) is 0 Å². The van der Waals surface area contributed by atoms with Gasteiger partial charge in [0.05, 0.1) is 6.61 Å². The van der Waals surface area contributed by atoms with Gasteiger partial charge in [0.15, 0.2) is 0 Å². The Kier molecular flexibility index (Phi) is 4.00. The Balaban J connectivity index is 1.84. The van der Waals surface area contributed by atoms with E-state index in [1.165, 1.54) is 39.0 Å². The molecule has 0 amide bonds. The number of nitrogens with zero attached hydrogens (tertiary/aromatic N) is 1. The van der Waals surface area contributed by atoms with Gasteiger partial charge in [0.2, 0.25) is 0 Å². The van der Waals surface area contributed by atoms with Crippen LogP contribution in [-0.4, -0.2) is 50.8 Å². The predicted molar refractivity (Wildman–Crippen MR) is 62.0 cm³/mol. The van der Waals surface area contributed by atoms with Crippen molar-refractivity contribution in [1.29, 1.82) is 0 Å². The zero-order valence-corrected chi connectivity index (χ0v) is 10.0. The summed E-state index contributed by atoms with van der Waals surface area (Å²) in [5.74, 6) is 1.56. The molecule has 2 rings (SSSR count). The Bertz CT molecular complexity index is 192. The molecule has 0 saturated carbocycles. The number of piperidine rings is 1. The van der Waals surface area contributed by atoms with Crippen LogP contribution in [0.5, 0.6) is 0 Å². The first-order valence-corrected chi connectivity index (χ1v) is 6.25. The molecule has 2 atom stereocenters. The highest BCUT2D eigenvalue weighted by atomic mass is 16.5. The molecule has 0 spiro atoms. The van der Waals surface area contributed by atoms with Crippen molar-refractivity contribution in [3.05, 3.63) is 0 Å². The zero-order chi connectivity index (χ0) is 10.7. The van der Waals surface area contributed by atoms with E-state index in [1.54, 1.807) is 0 Å². The SMILES string of the molecule is COC[C@@H]1CN(C2CCNCC2)C[C@@H]1C. The van der Waals surface area contributed by atoms with E-state index >= 15 is 0 Å². The third-order valence-electron chi connectivity index (χ3n) is 4.00. The maximum Gasteiger partial charge on any atom is 0.0505 e. The Labute approximate surface area is 93.2 Å². The Morgan fingerprint density at radius 1 is 1.27 bits per heavy atom. The highest BCUT2D eigenvalue weighted by molar-refractivity contribution is 4.87. The van der Waals surface area contributed by atoms with Crippen LogP contribution in [0.4, 0.5) is 0 Å². The van der Waals surface area contributed by atoms with Crippen LogP contribution >= 0.6 is 0 Å². The molecule has 1 N–H and O–H groups in total. The van der Waals surface area contributed by atoms with Crippen LogP contribution in [0.25, 0.3) is 0 Å². The van der Waals surface area contributed by atoms with Gasteiger partial charge in [0, 0.05) is 26.2 Å². The summed E-state index contributed by atoms with van der Waals surface area (Å²) in [4.78, 5) is 2.69. The molecule has 2 fully saturated rings. The van der Waals surface area contributed by atoms with Crippen molar-refractivity contribution < 1.29 is 4.74 Å². The number of likely N-dealkylation sites (tertiary alicyclic amines) is 1. The second kappa shape index (κ2) is 5.28. The minimum atomic E-state index is 0.755. The molecule has 0 aliphatic carbocycles. The Hall–Kier alpha value is -0.120. The molecule has 0 radical (unpaired) electrons. The van der Waals surface area contributed by atoms with Crippen molar-refractivity contribution in [3.63, 3.8) is 0 Å². The first-order valence-electron chi connectivity index (χ1n) is 6.25. The second-order valence-corrected chi connectivity index (χ2v) is 5.13. The number of hydrogen-bond acceptors (Lipinski definition) is 3. The van der Waals surface area contributed by atoms with Crippen molar-refractivity contribution in [2.24, 2.45) is 11.8 Å². The molecule has 2 saturated heterocycles. The van der Waals surface area contributed by atoms with Gasteiger partial charge in [-0.05, 0) is 37.8 Å². The van der Waals surface area contributed by atoms with E-state index in [2.05, 4.69) is 17.1 Å². The fourth-order valence-corrected chi connectivity index (χ4v) is 2.98. The molecule has 3 nitrogen and oxygen atoms in total. The van der Waals surface area contributed by atoms with Crippen LogP contribution in [-0.2, 0) is 4.74 Å². The minimum absolute atomic E-state index is 0.755. The summed E-state index contributed by atoms with van der Waals surface area (Å²) in [5.41, 5.74) is 0. The lowest BCUT2D eigenvalue weighted by Gasteiger charge is -2.31. The van der Waals surface area contributed by atoms with Gasteiger partial charge in [0.1, 0.15) is 0 Å². The summed E-state index contributed by atoms with van der Waals surface area (Å²) >= 11 is 0. The summed E-state index contributed by atoms with van der Waals surface area (Å²) < 4.78 is 5.29. The van der Waals surface area contributed by atoms with Crippen LogP contribution in [0, 0.1) is 11.8 Å². The molecule has 15 heavy (non-hydrogen) atoms. The number of rotatable bonds is 3. The third-order valence-corrected chi connectivity index (χ3v) is 4.00. The van der Waals surface area contributed by atoms with Crippen LogP contribution in [0.1, 0.15) is 19.8 Å². The maximum absolute atomic E-state index is 5.29. The zero-order valence-electron chi connectivity index (χ0n) is 10.0. The number of ether oxygens (including phenoxy) is 1. The van der Waals surface area contributed by atoms with Gasteiger partial charge >= 0.3 is 0 Å². The van der Waals surface area contributed by atoms with Crippen molar-refractivity contribution in [1.82, 2.24) is 10.2 Å². The molecule has 2 aliphatic heterocycles. The summed E-state index contributed by atoms with van der Waals surface area (Å²) in [7, 11) is 1.82. The van der Waals surface area contributed by atoms with Crippen LogP contribution in [0.3, 0.4) is 0 Å². The topological polar surface area (TPSA) is 24.5 Å². The molecule has 3 heteroatoms. The fraction of sp³-hybridized carbons (Fsp3) is 1.00. The summed E-state index contributed by atoms with van der Waals surface area (Å²) in [5, 5.41) is 3.43. The van der Waals surface area contributed by atoms with Gasteiger partial charge in [-0.15, -0.1) is 0 Å². The smallest absolute Gasteiger partial charge is 0.0505 e. The lowest BCUT2D eigenvalue weighted by atomic mass is 10.00. The predicted octanol–water partition coefficient (Wildman–Crippen LogP) is 0.953. The van der Waals surface area contributed by atoms with Crippen molar-refractivity contribution >= 4 is 0 Å². The average molecular weight is 212 g/mol. The summed E-state index contributed by atoms with van der Waals surface area (Å²) in [6, 6.07) is 0.829. The van der Waals surface area contributed by atoms with E-state index in [1.807, 2.05) is 7.11 Å². The van der Waals surface area contributed by atoms with Crippen LogP contribution < -0.4 is 5.32 Å². The van der Waals surface area contributed by atoms with E-state index in [0.29, 0.717) is 0 Å². The van der Waals surface area contributed by atoms with Gasteiger partial charge in [-0.25, -0.2) is 0 Å². The van der Waals surface area contributed by atoms with E-state index in [4.69, 9.17) is 4.74 Å². The number of hydrogen-bond donors (Lipinski definition) is 1. The standard InChI is InChI=1S/C12H24N2O/c1-10-7-14(8-11(10)9-15-2)12-3-5-13-6-4-12/h10-13H,3-9H2,1-2H3/t10-,11-/m0/s1. The molecule has 0 unspecified atom stereocenters. The van der Waals surface area contributed by atoms with E-state index < -0.39 is 0 Å². The second-order valence-electron chi connectivity index (χ2n) is 5.13. The quantitative estimate of drug-likeness (QED) is 0.754. The highest BCUT2D eigenvalue weighted by Gasteiger charge is 2.33. The number of nitrogens with one attached hydrogen (secondary N) is 1. The largest absolute Gasteiger partial charge is 0.384 e. The Morgan fingerprint density at radius 2 is 2.00 bits per heavy atom. The van der Waals surface area contributed by atoms with E-state index in [0.717, 1.165) is 24.5 Å². The Morgan fingerprint density at radius 3 is 2.67 bits per heavy atom. The summed E-state index contributed by atoms with van der Waals surface area (Å²) in [6.07, 6.45) is 2.65. The van der Waals surface area contributed by atoms with Crippen molar-refractivity contribution in [2.45, 2.75) is 25.8 Å². The molecule has 0 bridgehead atoms. The molecular formula is C12H24N2O. The highest BCUT2D eigenvalue weighted by Crippen LogP contribution is 2.27. The molecule has 2 aliphatic rings. The fourth-order valence-electron chi connectivity index (χ4n) is 2.98. The van der Waals surface area contributed by atoms with E-state index in [-0.39, 0.29) is 0 Å². The van der Waals surface area contributed by atoms with Crippen molar-refractivity contribution in [3.8, 4) is 0 Å². The van der Waals surface area contributed by atoms with Crippen LogP contribution in [0.15, 0.2) is 0 Å². The van der Waals surface area contributed by atoms with Gasteiger partial charge in [-0.1, -0.05) is 6.92 Å². The minimum Gasteiger partial charge on any atom is -0.384 e. The first kappa shape index (κ1) is 11.4.